The molecular weight excluding hydrogens is 438 g/mol. The molecule has 8 heteroatoms. The van der Waals surface area contributed by atoms with E-state index >= 15 is 0 Å². The van der Waals surface area contributed by atoms with E-state index in [-0.39, 0.29) is 17.3 Å². The summed E-state index contributed by atoms with van der Waals surface area (Å²) in [5, 5.41) is 17.7. The van der Waals surface area contributed by atoms with Crippen LogP contribution in [0.1, 0.15) is 15.9 Å². The van der Waals surface area contributed by atoms with Crippen LogP contribution in [0.4, 0.5) is 5.82 Å². The third-order valence-corrected chi connectivity index (χ3v) is 5.71. The number of anilines is 1. The van der Waals surface area contributed by atoms with Crippen molar-refractivity contribution in [1.82, 2.24) is 24.1 Å². The van der Waals surface area contributed by atoms with Gasteiger partial charge >= 0.3 is 0 Å². The molecule has 0 atom stereocenters. The number of rotatable bonds is 4. The van der Waals surface area contributed by atoms with Gasteiger partial charge in [-0.05, 0) is 30.3 Å². The first-order chi connectivity index (χ1) is 17.2. The molecule has 0 aliphatic heterocycles. The van der Waals surface area contributed by atoms with Crippen LogP contribution in [0.3, 0.4) is 0 Å². The minimum absolute atomic E-state index is 0.238. The van der Waals surface area contributed by atoms with Crippen LogP contribution in [0.25, 0.3) is 33.6 Å². The number of imidazole rings is 1. The van der Waals surface area contributed by atoms with E-state index in [1.807, 2.05) is 71.3 Å². The van der Waals surface area contributed by atoms with Gasteiger partial charge in [0.15, 0.2) is 11.6 Å². The summed E-state index contributed by atoms with van der Waals surface area (Å²) < 4.78 is 3.33. The second-order valence-electron chi connectivity index (χ2n) is 7.92. The van der Waals surface area contributed by atoms with Crippen molar-refractivity contribution in [1.29, 1.82) is 5.26 Å². The Bertz CT molecular complexity index is 1760. The first-order valence-corrected chi connectivity index (χ1v) is 10.9. The number of nitrogens with one attached hydrogen (secondary N) is 1. The average Bonchev–Trinajstić information content (AvgIpc) is 3.52. The van der Waals surface area contributed by atoms with Crippen LogP contribution in [0.5, 0.6) is 0 Å². The van der Waals surface area contributed by atoms with Crippen molar-refractivity contribution in [3.05, 3.63) is 109 Å². The highest BCUT2D eigenvalue weighted by atomic mass is 16.1. The maximum atomic E-state index is 13.2. The largest absolute Gasteiger partial charge is 0.306 e. The molecule has 1 N–H and O–H groups in total. The molecule has 6 rings (SSSR count). The summed E-state index contributed by atoms with van der Waals surface area (Å²) in [5.41, 5.74) is 3.88. The molecule has 0 saturated carbocycles. The molecule has 0 spiro atoms. The number of aromatic nitrogens is 5. The van der Waals surface area contributed by atoms with Crippen molar-refractivity contribution in [2.45, 2.75) is 0 Å². The standard InChI is InChI=1S/C27H17N7O/c28-15-21-16-29-34(24-11-10-19-8-4-5-9-22(19)30-24)26(21)32-27(35)20-12-13-33-17-23(31-25(33)14-20)18-6-2-1-3-7-18/h1-14,16-17H,(H,32,35). The van der Waals surface area contributed by atoms with E-state index in [0.717, 1.165) is 22.2 Å². The minimum Gasteiger partial charge on any atom is -0.306 e. The molecule has 4 aromatic heterocycles. The van der Waals surface area contributed by atoms with Crippen LogP contribution >= 0.6 is 0 Å². The summed E-state index contributed by atoms with van der Waals surface area (Å²) in [6.45, 7) is 0. The third kappa shape index (κ3) is 3.67. The monoisotopic (exact) mass is 455 g/mol. The molecule has 166 valence electrons. The molecule has 6 aromatic rings. The maximum absolute atomic E-state index is 13.2. The SMILES string of the molecule is N#Cc1cnn(-c2ccc3ccccc3n2)c1NC(=O)c1ccn2cc(-c3ccccc3)nc2c1. The molecule has 8 nitrogen and oxygen atoms in total. The number of carbonyl (C=O) groups is 1. The van der Waals surface area contributed by atoms with E-state index in [2.05, 4.69) is 26.5 Å². The number of fused-ring (bicyclic) bond motifs is 2. The van der Waals surface area contributed by atoms with E-state index in [1.165, 1.54) is 10.9 Å². The summed E-state index contributed by atoms with van der Waals surface area (Å²) in [6, 6.07) is 26.8. The molecule has 1 amide bonds. The van der Waals surface area contributed by atoms with Crippen LogP contribution in [-0.2, 0) is 0 Å². The second-order valence-corrected chi connectivity index (χ2v) is 7.92. The van der Waals surface area contributed by atoms with Gasteiger partial charge in [-0.1, -0.05) is 48.5 Å². The molecule has 0 saturated heterocycles. The van der Waals surface area contributed by atoms with Gasteiger partial charge < -0.3 is 9.72 Å². The molecule has 4 heterocycles. The Kier molecular flexibility index (Phi) is 4.79. The first kappa shape index (κ1) is 20.3. The number of nitriles is 1. The van der Waals surface area contributed by atoms with Gasteiger partial charge in [0, 0.05) is 28.9 Å². The molecular formula is C27H17N7O. The minimum atomic E-state index is -0.379. The Hall–Kier alpha value is -5.29. The first-order valence-electron chi connectivity index (χ1n) is 10.9. The molecule has 0 fully saturated rings. The number of hydrogen-bond donors (Lipinski definition) is 1. The van der Waals surface area contributed by atoms with E-state index in [1.54, 1.807) is 24.4 Å². The Morgan fingerprint density at radius 1 is 0.943 bits per heavy atom. The highest BCUT2D eigenvalue weighted by molar-refractivity contribution is 6.05. The number of amides is 1. The van der Waals surface area contributed by atoms with Crippen LogP contribution in [-0.4, -0.2) is 30.1 Å². The highest BCUT2D eigenvalue weighted by Crippen LogP contribution is 2.23. The van der Waals surface area contributed by atoms with Crippen molar-refractivity contribution in [3.8, 4) is 23.1 Å². The molecule has 0 aliphatic rings. The maximum Gasteiger partial charge on any atom is 0.257 e. The van der Waals surface area contributed by atoms with E-state index < -0.39 is 0 Å². The Morgan fingerprint density at radius 2 is 1.77 bits per heavy atom. The Balaban J connectivity index is 1.34. The lowest BCUT2D eigenvalue weighted by atomic mass is 10.2. The summed E-state index contributed by atoms with van der Waals surface area (Å²) in [6.07, 6.45) is 5.12. The van der Waals surface area contributed by atoms with Crippen molar-refractivity contribution in [3.63, 3.8) is 0 Å². The second kappa shape index (κ2) is 8.24. The van der Waals surface area contributed by atoms with Crippen molar-refractivity contribution < 1.29 is 4.79 Å². The number of nitrogens with zero attached hydrogens (tertiary/aromatic N) is 6. The van der Waals surface area contributed by atoms with Gasteiger partial charge in [-0.25, -0.2) is 9.97 Å². The van der Waals surface area contributed by atoms with Gasteiger partial charge in [0.1, 0.15) is 17.3 Å². The summed E-state index contributed by atoms with van der Waals surface area (Å²) in [7, 11) is 0. The third-order valence-electron chi connectivity index (χ3n) is 5.71. The topological polar surface area (TPSA) is 101 Å². The smallest absolute Gasteiger partial charge is 0.257 e. The van der Waals surface area contributed by atoms with Crippen LogP contribution in [0.2, 0.25) is 0 Å². The predicted octanol–water partition coefficient (Wildman–Crippen LogP) is 4.86. The summed E-state index contributed by atoms with van der Waals surface area (Å²) >= 11 is 0. The lowest BCUT2D eigenvalue weighted by Crippen LogP contribution is -2.16. The predicted molar refractivity (Wildman–Crippen MR) is 132 cm³/mol. The van der Waals surface area contributed by atoms with Gasteiger partial charge in [0.2, 0.25) is 0 Å². The van der Waals surface area contributed by atoms with Gasteiger partial charge in [0.05, 0.1) is 17.4 Å². The zero-order chi connectivity index (χ0) is 23.8. The highest BCUT2D eigenvalue weighted by Gasteiger charge is 2.18. The number of hydrogen-bond acceptors (Lipinski definition) is 5. The molecule has 0 unspecified atom stereocenters. The Morgan fingerprint density at radius 3 is 2.63 bits per heavy atom. The number of benzene rings is 2. The fourth-order valence-corrected chi connectivity index (χ4v) is 3.95. The number of carbonyl (C=O) groups excluding carboxylic acids is 1. The summed E-state index contributed by atoms with van der Waals surface area (Å²) in [5.74, 6) is 0.376. The van der Waals surface area contributed by atoms with Gasteiger partial charge in [-0.15, -0.1) is 0 Å². The fraction of sp³-hybridized carbons (Fsp3) is 0. The number of pyridine rings is 2. The molecule has 0 aliphatic carbocycles. The normalized spacial score (nSPS) is 10.9. The van der Waals surface area contributed by atoms with Crippen molar-refractivity contribution in [2.75, 3.05) is 5.32 Å². The number of para-hydroxylation sites is 1. The van der Waals surface area contributed by atoms with Crippen LogP contribution in [0, 0.1) is 11.3 Å². The van der Waals surface area contributed by atoms with Gasteiger partial charge in [0.25, 0.3) is 5.91 Å². The Labute approximate surface area is 199 Å². The zero-order valence-corrected chi connectivity index (χ0v) is 18.3. The van der Waals surface area contributed by atoms with Crippen molar-refractivity contribution >= 4 is 28.3 Å². The molecule has 35 heavy (non-hydrogen) atoms. The molecule has 0 radical (unpaired) electrons. The van der Waals surface area contributed by atoms with Crippen LogP contribution < -0.4 is 5.32 Å². The van der Waals surface area contributed by atoms with Gasteiger partial charge in [-0.3, -0.25) is 4.79 Å². The van der Waals surface area contributed by atoms with E-state index in [9.17, 15) is 10.1 Å². The quantitative estimate of drug-likeness (QED) is 0.409. The fourth-order valence-electron chi connectivity index (χ4n) is 3.95. The zero-order valence-electron chi connectivity index (χ0n) is 18.3. The van der Waals surface area contributed by atoms with Gasteiger partial charge in [-0.2, -0.15) is 15.0 Å². The lowest BCUT2D eigenvalue weighted by molar-refractivity contribution is 0.102. The molecule has 0 bridgehead atoms. The molecule has 2 aromatic carbocycles. The van der Waals surface area contributed by atoms with Crippen molar-refractivity contribution in [2.24, 2.45) is 0 Å². The lowest BCUT2D eigenvalue weighted by Gasteiger charge is -2.10. The van der Waals surface area contributed by atoms with E-state index in [4.69, 9.17) is 0 Å². The summed E-state index contributed by atoms with van der Waals surface area (Å²) in [4.78, 5) is 22.5. The van der Waals surface area contributed by atoms with E-state index in [0.29, 0.717) is 17.0 Å². The average molecular weight is 455 g/mol. The van der Waals surface area contributed by atoms with Crippen LogP contribution in [0.15, 0.2) is 97.5 Å².